The van der Waals surface area contributed by atoms with Crippen molar-refractivity contribution < 1.29 is 19.4 Å². The van der Waals surface area contributed by atoms with Gasteiger partial charge < -0.3 is 19.5 Å². The summed E-state index contributed by atoms with van der Waals surface area (Å²) in [5, 5.41) is 8.79. The highest BCUT2D eigenvalue weighted by Gasteiger charge is 2.40. The minimum atomic E-state index is -0.832. The second-order valence-electron chi connectivity index (χ2n) is 7.75. The van der Waals surface area contributed by atoms with Crippen molar-refractivity contribution in [3.05, 3.63) is 65.2 Å². The van der Waals surface area contributed by atoms with E-state index in [0.29, 0.717) is 6.61 Å². The van der Waals surface area contributed by atoms with E-state index in [4.69, 9.17) is 14.6 Å². The zero-order valence-electron chi connectivity index (χ0n) is 17.4. The third-order valence-corrected chi connectivity index (χ3v) is 5.95. The van der Waals surface area contributed by atoms with Crippen molar-refractivity contribution in [3.63, 3.8) is 0 Å². The lowest BCUT2D eigenvalue weighted by Crippen LogP contribution is -2.42. The molecule has 0 spiro atoms. The average molecular weight is 398 g/mol. The van der Waals surface area contributed by atoms with Gasteiger partial charge in [-0.25, -0.2) is 0 Å². The number of hydrogen-bond donors (Lipinski definition) is 1. The summed E-state index contributed by atoms with van der Waals surface area (Å²) in [5.41, 5.74) is 3.69. The summed E-state index contributed by atoms with van der Waals surface area (Å²) in [6.07, 6.45) is 2.82. The lowest BCUT2D eigenvalue weighted by atomic mass is 9.66. The number of likely N-dealkylation sites (tertiary alicyclic amines) is 1. The van der Waals surface area contributed by atoms with E-state index in [9.17, 15) is 4.79 Å². The smallest absolute Gasteiger partial charge is 0.305 e. The Morgan fingerprint density at radius 3 is 2.45 bits per heavy atom. The first-order chi connectivity index (χ1) is 14.1. The molecule has 0 atom stereocenters. The Bertz CT molecular complexity index is 798. The van der Waals surface area contributed by atoms with Crippen molar-refractivity contribution in [2.75, 3.05) is 40.5 Å². The third kappa shape index (κ3) is 4.98. The number of ether oxygens (including phenoxy) is 2. The standard InChI is InChI=1S/C24H31NO4/c1-25-15-13-24(14-16-25,20-8-4-3-5-9-20)23-19(7-6-10-21(23)28-2)11-17-29-18-12-22(26)27/h3-10H,11-18H2,1-2H3,(H,26,27). The first-order valence-electron chi connectivity index (χ1n) is 10.3. The Morgan fingerprint density at radius 2 is 1.79 bits per heavy atom. The van der Waals surface area contributed by atoms with Crippen molar-refractivity contribution >= 4 is 5.97 Å². The maximum atomic E-state index is 10.7. The number of hydrogen-bond acceptors (Lipinski definition) is 4. The largest absolute Gasteiger partial charge is 0.496 e. The molecular weight excluding hydrogens is 366 g/mol. The van der Waals surface area contributed by atoms with Crippen LogP contribution in [0.1, 0.15) is 36.0 Å². The molecule has 1 aliphatic rings. The van der Waals surface area contributed by atoms with Crippen LogP contribution < -0.4 is 4.74 Å². The van der Waals surface area contributed by atoms with Crippen LogP contribution in [0.15, 0.2) is 48.5 Å². The summed E-state index contributed by atoms with van der Waals surface area (Å²) in [5.74, 6) is 0.0860. The van der Waals surface area contributed by atoms with Gasteiger partial charge in [-0.15, -0.1) is 0 Å². The second-order valence-corrected chi connectivity index (χ2v) is 7.75. The number of aliphatic carboxylic acids is 1. The molecule has 156 valence electrons. The molecule has 2 aromatic rings. The Kier molecular flexibility index (Phi) is 7.29. The normalized spacial score (nSPS) is 16.5. The number of carboxylic acid groups (broad SMARTS) is 1. The molecule has 1 fully saturated rings. The zero-order chi connectivity index (χ0) is 20.7. The molecule has 2 aromatic carbocycles. The highest BCUT2D eigenvalue weighted by Crippen LogP contribution is 2.47. The zero-order valence-corrected chi connectivity index (χ0v) is 17.4. The summed E-state index contributed by atoms with van der Waals surface area (Å²) in [6.45, 7) is 2.80. The van der Waals surface area contributed by atoms with Crippen molar-refractivity contribution in [3.8, 4) is 5.75 Å². The van der Waals surface area contributed by atoms with Crippen LogP contribution in [-0.4, -0.2) is 56.4 Å². The second kappa shape index (κ2) is 9.90. The van der Waals surface area contributed by atoms with E-state index in [0.717, 1.165) is 38.1 Å². The first-order valence-corrected chi connectivity index (χ1v) is 10.3. The van der Waals surface area contributed by atoms with Gasteiger partial charge in [0.2, 0.25) is 0 Å². The number of piperidine rings is 1. The Morgan fingerprint density at radius 1 is 1.07 bits per heavy atom. The predicted octanol–water partition coefficient (Wildman–Crippen LogP) is 3.74. The van der Waals surface area contributed by atoms with Gasteiger partial charge in [-0.1, -0.05) is 42.5 Å². The van der Waals surface area contributed by atoms with Crippen molar-refractivity contribution in [1.29, 1.82) is 0 Å². The highest BCUT2D eigenvalue weighted by molar-refractivity contribution is 5.66. The molecule has 1 saturated heterocycles. The molecule has 3 rings (SSSR count). The van der Waals surface area contributed by atoms with E-state index in [1.165, 1.54) is 16.7 Å². The fourth-order valence-corrected chi connectivity index (χ4v) is 4.38. The van der Waals surface area contributed by atoms with E-state index in [2.05, 4.69) is 48.3 Å². The molecule has 1 aliphatic heterocycles. The number of methoxy groups -OCH3 is 1. The number of carbonyl (C=O) groups is 1. The van der Waals surface area contributed by atoms with Gasteiger partial charge >= 0.3 is 5.97 Å². The molecule has 0 aliphatic carbocycles. The molecule has 1 N–H and O–H groups in total. The van der Waals surface area contributed by atoms with E-state index < -0.39 is 5.97 Å². The van der Waals surface area contributed by atoms with Crippen LogP contribution >= 0.6 is 0 Å². The monoisotopic (exact) mass is 397 g/mol. The summed E-state index contributed by atoms with van der Waals surface area (Å²) in [6, 6.07) is 17.0. The molecule has 0 bridgehead atoms. The van der Waals surface area contributed by atoms with Crippen LogP contribution in [0, 0.1) is 0 Å². The van der Waals surface area contributed by atoms with Gasteiger partial charge in [0.25, 0.3) is 0 Å². The fraction of sp³-hybridized carbons (Fsp3) is 0.458. The number of nitrogens with zero attached hydrogens (tertiary/aromatic N) is 1. The lowest BCUT2D eigenvalue weighted by Gasteiger charge is -2.43. The third-order valence-electron chi connectivity index (χ3n) is 5.95. The van der Waals surface area contributed by atoms with E-state index in [-0.39, 0.29) is 18.4 Å². The molecule has 1 heterocycles. The van der Waals surface area contributed by atoms with Crippen LogP contribution in [0.2, 0.25) is 0 Å². The number of benzene rings is 2. The predicted molar refractivity (Wildman–Crippen MR) is 114 cm³/mol. The minimum absolute atomic E-state index is 0.0330. The van der Waals surface area contributed by atoms with E-state index >= 15 is 0 Å². The van der Waals surface area contributed by atoms with Gasteiger partial charge in [0.1, 0.15) is 5.75 Å². The maximum Gasteiger partial charge on any atom is 0.305 e. The van der Waals surface area contributed by atoms with Crippen LogP contribution in [0.4, 0.5) is 0 Å². The molecule has 0 aromatic heterocycles. The Labute approximate surface area is 173 Å². The van der Waals surface area contributed by atoms with E-state index in [1.54, 1.807) is 7.11 Å². The van der Waals surface area contributed by atoms with Gasteiger partial charge in [0.15, 0.2) is 0 Å². The number of carboxylic acids is 1. The molecule has 29 heavy (non-hydrogen) atoms. The summed E-state index contributed by atoms with van der Waals surface area (Å²) >= 11 is 0. The first kappa shape index (κ1) is 21.3. The van der Waals surface area contributed by atoms with Gasteiger partial charge in [-0.2, -0.15) is 0 Å². The van der Waals surface area contributed by atoms with Crippen molar-refractivity contribution in [2.24, 2.45) is 0 Å². The van der Waals surface area contributed by atoms with Gasteiger partial charge in [-0.3, -0.25) is 4.79 Å². The van der Waals surface area contributed by atoms with Crippen LogP contribution in [0.3, 0.4) is 0 Å². The van der Waals surface area contributed by atoms with Gasteiger partial charge in [0, 0.05) is 11.0 Å². The molecule has 0 radical (unpaired) electrons. The van der Waals surface area contributed by atoms with Crippen molar-refractivity contribution in [1.82, 2.24) is 4.90 Å². The highest BCUT2D eigenvalue weighted by atomic mass is 16.5. The summed E-state index contributed by atoms with van der Waals surface area (Å²) in [4.78, 5) is 13.1. The fourth-order valence-electron chi connectivity index (χ4n) is 4.38. The molecule has 5 nitrogen and oxygen atoms in total. The molecule has 0 saturated carbocycles. The summed E-state index contributed by atoms with van der Waals surface area (Å²) < 4.78 is 11.4. The SMILES string of the molecule is COc1cccc(CCOCCC(=O)O)c1C1(c2ccccc2)CCN(C)CC1. The molecule has 0 amide bonds. The number of rotatable bonds is 9. The Hall–Kier alpha value is -2.37. The van der Waals surface area contributed by atoms with Crippen LogP contribution in [-0.2, 0) is 21.4 Å². The topological polar surface area (TPSA) is 59.0 Å². The van der Waals surface area contributed by atoms with Gasteiger partial charge in [0.05, 0.1) is 26.7 Å². The van der Waals surface area contributed by atoms with Crippen LogP contribution in [0.5, 0.6) is 5.75 Å². The molecule has 5 heteroatoms. The molecular formula is C24H31NO4. The average Bonchev–Trinajstić information content (AvgIpc) is 2.74. The van der Waals surface area contributed by atoms with E-state index in [1.807, 2.05) is 12.1 Å². The lowest BCUT2D eigenvalue weighted by molar-refractivity contribution is -0.138. The van der Waals surface area contributed by atoms with Gasteiger partial charge in [-0.05, 0) is 56.6 Å². The minimum Gasteiger partial charge on any atom is -0.496 e. The Balaban J connectivity index is 1.95. The van der Waals surface area contributed by atoms with Crippen molar-refractivity contribution in [2.45, 2.75) is 31.1 Å². The molecule has 0 unspecified atom stereocenters. The quantitative estimate of drug-likeness (QED) is 0.653. The summed E-state index contributed by atoms with van der Waals surface area (Å²) in [7, 11) is 3.91. The maximum absolute atomic E-state index is 10.7. The van der Waals surface area contributed by atoms with Crippen LogP contribution in [0.25, 0.3) is 0 Å².